The van der Waals surface area contributed by atoms with Crippen molar-refractivity contribution in [3.8, 4) is 0 Å². The van der Waals surface area contributed by atoms with Crippen LogP contribution in [0, 0.1) is 81.7 Å². The first-order chi connectivity index (χ1) is 46.4. The largest absolute Gasteiger partial charge is 0.378 e. The molecule has 7 aliphatic rings. The molecule has 0 aliphatic carbocycles. The molecule has 12 rings (SSSR count). The molecule has 97 heavy (non-hydrogen) atoms. The van der Waals surface area contributed by atoms with E-state index in [0.29, 0.717) is 151 Å². The topological polar surface area (TPSA) is 208 Å². The van der Waals surface area contributed by atoms with Gasteiger partial charge in [0, 0.05) is 130 Å². The van der Waals surface area contributed by atoms with Crippen LogP contribution in [-0.4, -0.2) is 152 Å². The van der Waals surface area contributed by atoms with Gasteiger partial charge in [0.2, 0.25) is 17.7 Å². The number of rotatable bonds is 11. The van der Waals surface area contributed by atoms with Crippen LogP contribution in [0.25, 0.3) is 0 Å². The molecule has 0 aromatic heterocycles. The quantitative estimate of drug-likeness (QED) is 0.0640. The van der Waals surface area contributed by atoms with E-state index in [0.717, 1.165) is 12.1 Å². The number of hydrogen-bond donors (Lipinski definition) is 3. The molecule has 0 spiro atoms. The molecule has 522 valence electrons. The molecule has 0 saturated carbocycles. The molecule has 19 nitrogen and oxygen atoms in total. The van der Waals surface area contributed by atoms with Crippen molar-refractivity contribution in [1.29, 1.82) is 0 Å². The van der Waals surface area contributed by atoms with Crippen molar-refractivity contribution in [3.63, 3.8) is 0 Å². The third kappa shape index (κ3) is 19.0. The summed E-state index contributed by atoms with van der Waals surface area (Å²) in [6, 6.07) is 11.3. The van der Waals surface area contributed by atoms with Crippen LogP contribution in [0.2, 0.25) is 0 Å². The predicted octanol–water partition coefficient (Wildman–Crippen LogP) is 10.1. The summed E-state index contributed by atoms with van der Waals surface area (Å²) in [6.07, 6.45) is 1.13. The van der Waals surface area contributed by atoms with Crippen molar-refractivity contribution in [3.05, 3.63) is 152 Å². The Bertz CT molecular complexity index is 3430. The number of halogens is 11. The number of carbonyl (C=O) groups is 5. The fraction of sp³-hybridized carbons (Fsp3) is 0.433. The molecule has 4 fully saturated rings. The summed E-state index contributed by atoms with van der Waals surface area (Å²) in [5.74, 6) is -11.1. The number of benzene rings is 5. The Labute approximate surface area is 552 Å². The number of hydrogen-bond acceptors (Lipinski definition) is 16. The minimum atomic E-state index is -1.55. The molecule has 30 heteroatoms. The van der Waals surface area contributed by atoms with Gasteiger partial charge >= 0.3 is 0 Å². The zero-order valence-electron chi connectivity index (χ0n) is 53.8. The van der Waals surface area contributed by atoms with Gasteiger partial charge in [0.25, 0.3) is 0 Å². The summed E-state index contributed by atoms with van der Waals surface area (Å²) in [5, 5.41) is 11.8. The first kappa shape index (κ1) is 73.9. The fourth-order valence-corrected chi connectivity index (χ4v) is 11.4. The summed E-state index contributed by atoms with van der Waals surface area (Å²) in [5.41, 5.74) is 9.42. The number of Topliss-reactive ketones (excluding diaryl/α,β-unsaturated/α-hetero) is 2. The maximum Gasteiger partial charge on any atom is 0.240 e. The van der Waals surface area contributed by atoms with Gasteiger partial charge in [-0.15, -0.1) is 0 Å². The Morgan fingerprint density at radius 3 is 0.784 bits per heavy atom. The highest BCUT2D eigenvalue weighted by Crippen LogP contribution is 2.33. The number of nitrogens with one attached hydrogen (secondary N) is 3. The predicted molar refractivity (Wildman–Crippen MR) is 339 cm³/mol. The van der Waals surface area contributed by atoms with Gasteiger partial charge in [0.1, 0.15) is 69.3 Å². The summed E-state index contributed by atoms with van der Waals surface area (Å²) in [6.45, 7) is 15.9. The minimum absolute atomic E-state index is 0.0276. The molecule has 7 aliphatic heterocycles. The van der Waals surface area contributed by atoms with Gasteiger partial charge in [-0.1, -0.05) is 34.6 Å². The zero-order chi connectivity index (χ0) is 70.2. The summed E-state index contributed by atoms with van der Waals surface area (Å²) >= 11 is 0. The van der Waals surface area contributed by atoms with Gasteiger partial charge in [0.05, 0.1) is 70.0 Å². The van der Waals surface area contributed by atoms with E-state index in [2.05, 4.69) is 31.6 Å². The van der Waals surface area contributed by atoms with E-state index >= 15 is 0 Å². The number of nitrogens with zero attached hydrogens (tertiary/aromatic N) is 7. The number of amides is 3. The van der Waals surface area contributed by atoms with Crippen LogP contribution in [0.3, 0.4) is 0 Å². The molecule has 1 unspecified atom stereocenters. The van der Waals surface area contributed by atoms with E-state index in [1.165, 1.54) is 36.4 Å². The number of morpholine rings is 4. The van der Waals surface area contributed by atoms with Crippen molar-refractivity contribution < 1.29 is 91.2 Å². The van der Waals surface area contributed by atoms with Gasteiger partial charge < -0.3 is 38.5 Å². The molecule has 3 N–H and O–H groups in total. The van der Waals surface area contributed by atoms with Gasteiger partial charge in [0.15, 0.2) is 29.0 Å². The third-order valence-corrected chi connectivity index (χ3v) is 16.3. The number of ether oxygens (including phenoxy) is 4. The van der Waals surface area contributed by atoms with Gasteiger partial charge in [-0.05, 0) is 60.7 Å². The normalized spacial score (nSPS) is 19.5. The van der Waals surface area contributed by atoms with Crippen LogP contribution in [-0.2, 0) is 33.3 Å². The molecular formula is C67H73F11N10O9. The number of hydrazone groups is 3. The average Bonchev–Trinajstić information content (AvgIpc) is 0.822. The first-order valence-corrected chi connectivity index (χ1v) is 31.5. The molecule has 0 bridgehead atoms. The molecule has 0 radical (unpaired) electrons. The zero-order valence-corrected chi connectivity index (χ0v) is 53.8. The number of ketones is 2. The SMILES string of the molecule is CC1CC(=O)NN=C1c1cc(F)c(N2CCOCC2)c(F)c1.CCC(=O)c1cc(F)c(F)c(F)c1.CCC(=O)c1cc(F)c(N2CCOCC2)c(F)c1.C[C@@H]1CC(=O)NN=C1c1cc(F)c(N2CCOCC2)c(F)c1.C[C@H]1CC(=O)NN=C1c1cc(F)c(N2CCOCC2)c(F)c1. The second-order valence-corrected chi connectivity index (χ2v) is 23.3. The Hall–Kier alpha value is -8.87. The number of anilines is 4. The van der Waals surface area contributed by atoms with E-state index in [1.807, 2.05) is 20.8 Å². The summed E-state index contributed by atoms with van der Waals surface area (Å²) in [7, 11) is 0. The van der Waals surface area contributed by atoms with Crippen LogP contribution in [0.4, 0.5) is 71.0 Å². The second kappa shape index (κ2) is 34.4. The monoisotopic (exact) mass is 1370 g/mol. The Morgan fingerprint density at radius 2 is 0.577 bits per heavy atom. The lowest BCUT2D eigenvalue weighted by molar-refractivity contribution is -0.122. The van der Waals surface area contributed by atoms with Crippen molar-refractivity contribution in [2.45, 2.75) is 66.7 Å². The molecule has 7 heterocycles. The third-order valence-electron chi connectivity index (χ3n) is 16.3. The smallest absolute Gasteiger partial charge is 0.240 e. The van der Waals surface area contributed by atoms with E-state index in [1.54, 1.807) is 33.4 Å². The maximum absolute atomic E-state index is 14.4. The van der Waals surface area contributed by atoms with Crippen molar-refractivity contribution in [2.75, 3.05) is 125 Å². The van der Waals surface area contributed by atoms with Crippen molar-refractivity contribution in [2.24, 2.45) is 33.1 Å². The second-order valence-electron chi connectivity index (χ2n) is 23.3. The van der Waals surface area contributed by atoms with E-state index in [9.17, 15) is 72.3 Å². The van der Waals surface area contributed by atoms with Crippen LogP contribution in [0.5, 0.6) is 0 Å². The van der Waals surface area contributed by atoms with Crippen LogP contribution < -0.4 is 35.9 Å². The van der Waals surface area contributed by atoms with E-state index in [-0.39, 0.29) is 107 Å². The highest BCUT2D eigenvalue weighted by molar-refractivity contribution is 6.07. The highest BCUT2D eigenvalue weighted by atomic mass is 19.2. The fourth-order valence-electron chi connectivity index (χ4n) is 11.4. The van der Waals surface area contributed by atoms with E-state index in [4.69, 9.17) is 18.9 Å². The Balaban J connectivity index is 0.000000157. The highest BCUT2D eigenvalue weighted by Gasteiger charge is 2.31. The summed E-state index contributed by atoms with van der Waals surface area (Å²) in [4.78, 5) is 62.7. The van der Waals surface area contributed by atoms with Gasteiger partial charge in [-0.3, -0.25) is 24.0 Å². The lowest BCUT2D eigenvalue weighted by Crippen LogP contribution is -2.37. The molecule has 5 aromatic carbocycles. The lowest BCUT2D eigenvalue weighted by atomic mass is 9.93. The first-order valence-electron chi connectivity index (χ1n) is 31.5. The summed E-state index contributed by atoms with van der Waals surface area (Å²) < 4.78 is 172. The van der Waals surface area contributed by atoms with Gasteiger partial charge in [-0.25, -0.2) is 64.6 Å². The Morgan fingerprint density at radius 1 is 0.371 bits per heavy atom. The lowest BCUT2D eigenvalue weighted by Gasteiger charge is -2.29. The number of carbonyl (C=O) groups excluding carboxylic acids is 5. The van der Waals surface area contributed by atoms with Crippen molar-refractivity contribution >= 4 is 69.2 Å². The van der Waals surface area contributed by atoms with Gasteiger partial charge in [-0.2, -0.15) is 15.3 Å². The molecule has 4 saturated heterocycles. The standard InChI is InChI=1S/3C15H17F2N3O2.C13H15F2NO2.C9H7F3O/c3*1-9-6-13(21)18-19-14(9)10-7-11(16)15(12(17)8-10)20-2-4-22-5-3-20;1-2-12(17)9-7-10(14)13(11(15)8-9)16-3-5-18-6-4-16;1-2-8(13)5-3-6(10)9(12)7(11)4-5/h3*7-9H,2-6H2,1H3,(H,18,21);7-8H,2-6H2,1H3;3-4H,2H2,1H3/t2*9-;;;/m10.../s1. The molecular weight excluding hydrogens is 1300 g/mol. The molecule has 5 aromatic rings. The van der Waals surface area contributed by atoms with Crippen LogP contribution in [0.15, 0.2) is 76.0 Å². The maximum atomic E-state index is 14.4. The minimum Gasteiger partial charge on any atom is -0.378 e. The van der Waals surface area contributed by atoms with E-state index < -0.39 is 69.8 Å². The van der Waals surface area contributed by atoms with Crippen LogP contribution >= 0.6 is 0 Å². The van der Waals surface area contributed by atoms with Crippen LogP contribution in [0.1, 0.15) is 104 Å². The average molecular weight is 1370 g/mol. The molecule has 3 amide bonds. The van der Waals surface area contributed by atoms with Crippen molar-refractivity contribution in [1.82, 2.24) is 16.3 Å². The molecule has 3 atom stereocenters. The Kier molecular flexibility index (Phi) is 26.2.